The molecule has 6 nitrogen and oxygen atoms in total. The number of ether oxygens (including phenoxy) is 1. The first kappa shape index (κ1) is 31.6. The van der Waals surface area contributed by atoms with E-state index in [1.165, 1.54) is 42.6 Å². The molecule has 1 heterocycles. The summed E-state index contributed by atoms with van der Waals surface area (Å²) in [6, 6.07) is 26.3. The summed E-state index contributed by atoms with van der Waals surface area (Å²) in [6.07, 6.45) is 1.85. The van der Waals surface area contributed by atoms with Gasteiger partial charge in [-0.15, -0.1) is 0 Å². The van der Waals surface area contributed by atoms with E-state index in [0.717, 1.165) is 16.7 Å². The number of hydrogen-bond donors (Lipinski definition) is 2. The van der Waals surface area contributed by atoms with E-state index < -0.39 is 0 Å². The lowest BCUT2D eigenvalue weighted by atomic mass is 9.97. The Labute approximate surface area is 244 Å². The van der Waals surface area contributed by atoms with Crippen LogP contribution < -0.4 is 10.6 Å². The summed E-state index contributed by atoms with van der Waals surface area (Å²) in [5.74, 6) is -0.809. The zero-order valence-electron chi connectivity index (χ0n) is 23.4. The van der Waals surface area contributed by atoms with Crippen molar-refractivity contribution in [2.24, 2.45) is 0 Å². The molecule has 0 radical (unpaired) electrons. The monoisotopic (exact) mass is 570 g/mol. The molecule has 0 aliphatic carbocycles. The molecule has 0 unspecified atom stereocenters. The highest BCUT2D eigenvalue weighted by Crippen LogP contribution is 2.30. The highest BCUT2D eigenvalue weighted by Gasteiger charge is 2.35. The van der Waals surface area contributed by atoms with Crippen molar-refractivity contribution in [3.63, 3.8) is 0 Å². The molecule has 42 heavy (non-hydrogen) atoms. The van der Waals surface area contributed by atoms with Gasteiger partial charge in [-0.2, -0.15) is 0 Å². The minimum Gasteiger partial charge on any atom is -0.369 e. The molecule has 5 rings (SSSR count). The minimum atomic E-state index is -0.319. The lowest BCUT2D eigenvalue weighted by Crippen LogP contribution is -2.50. The molecule has 2 amide bonds. The summed E-state index contributed by atoms with van der Waals surface area (Å²) in [4.78, 5) is 33.6. The Bertz CT molecular complexity index is 1500. The summed E-state index contributed by atoms with van der Waals surface area (Å²) < 4.78 is 30.5. The molecule has 4 aromatic rings. The maximum absolute atomic E-state index is 12.9. The molecular weight excluding hydrogens is 538 g/mol. The molecule has 4 aromatic carbocycles. The Morgan fingerprint density at radius 1 is 0.786 bits per heavy atom. The Kier molecular flexibility index (Phi) is 11.8. The van der Waals surface area contributed by atoms with Gasteiger partial charge in [-0.25, -0.2) is 8.78 Å². The van der Waals surface area contributed by atoms with Crippen LogP contribution in [0.25, 0.3) is 0 Å². The molecule has 1 fully saturated rings. The number of carbonyl (C=O) groups is 3. The predicted octanol–water partition coefficient (Wildman–Crippen LogP) is 6.51. The second-order valence-electron chi connectivity index (χ2n) is 9.36. The Morgan fingerprint density at radius 2 is 1.29 bits per heavy atom. The van der Waals surface area contributed by atoms with Crippen molar-refractivity contribution in [3.05, 3.63) is 155 Å². The summed E-state index contributed by atoms with van der Waals surface area (Å²) in [7, 11) is 0. The van der Waals surface area contributed by atoms with Crippen molar-refractivity contribution in [2.75, 3.05) is 6.61 Å². The van der Waals surface area contributed by atoms with Crippen molar-refractivity contribution >= 4 is 18.1 Å². The number of carbonyl (C=O) groups excluding carboxylic acids is 3. The third-order valence-electron chi connectivity index (χ3n) is 6.35. The molecule has 8 heteroatoms. The van der Waals surface area contributed by atoms with E-state index in [1.807, 2.05) is 50.2 Å². The highest BCUT2D eigenvalue weighted by atomic mass is 19.1. The number of rotatable bonds is 6. The van der Waals surface area contributed by atoms with Crippen LogP contribution in [0.3, 0.4) is 0 Å². The molecule has 1 aliphatic rings. The van der Waals surface area contributed by atoms with Crippen LogP contribution in [-0.4, -0.2) is 30.7 Å². The Morgan fingerprint density at radius 3 is 1.74 bits per heavy atom. The van der Waals surface area contributed by atoms with E-state index in [0.29, 0.717) is 29.6 Å². The third kappa shape index (κ3) is 9.04. The van der Waals surface area contributed by atoms with Gasteiger partial charge in [0.2, 0.25) is 0 Å². The van der Waals surface area contributed by atoms with E-state index in [1.54, 1.807) is 24.3 Å². The average molecular weight is 571 g/mol. The minimum absolute atomic E-state index is 0.0810. The molecular formula is C34H32F2N2O4. The van der Waals surface area contributed by atoms with Crippen LogP contribution in [-0.2, 0) is 4.74 Å². The van der Waals surface area contributed by atoms with Gasteiger partial charge in [0.05, 0.1) is 12.6 Å². The number of hydrogen-bond acceptors (Lipinski definition) is 4. The van der Waals surface area contributed by atoms with Gasteiger partial charge in [-0.3, -0.25) is 14.4 Å². The van der Waals surface area contributed by atoms with Gasteiger partial charge in [-0.05, 0) is 85.3 Å². The molecule has 2 N–H and O–H groups in total. The van der Waals surface area contributed by atoms with Crippen molar-refractivity contribution in [2.45, 2.75) is 26.0 Å². The zero-order chi connectivity index (χ0) is 30.5. The van der Waals surface area contributed by atoms with E-state index >= 15 is 0 Å². The second kappa shape index (κ2) is 15.7. The van der Waals surface area contributed by atoms with Crippen molar-refractivity contribution in [1.82, 2.24) is 10.6 Å². The van der Waals surface area contributed by atoms with Gasteiger partial charge >= 0.3 is 0 Å². The van der Waals surface area contributed by atoms with Crippen LogP contribution >= 0.6 is 0 Å². The van der Waals surface area contributed by atoms with Crippen LogP contribution in [0.15, 0.2) is 110 Å². The maximum Gasteiger partial charge on any atom is 0.255 e. The van der Waals surface area contributed by atoms with Crippen LogP contribution in [0.4, 0.5) is 8.78 Å². The van der Waals surface area contributed by atoms with Gasteiger partial charge in [0, 0.05) is 16.7 Å². The van der Waals surface area contributed by atoms with Crippen molar-refractivity contribution in [3.8, 4) is 0 Å². The number of benzene rings is 4. The molecule has 0 saturated carbocycles. The zero-order valence-corrected chi connectivity index (χ0v) is 23.4. The van der Waals surface area contributed by atoms with Crippen LogP contribution in [0.5, 0.6) is 0 Å². The van der Waals surface area contributed by atoms with E-state index in [2.05, 4.69) is 17.2 Å². The molecule has 1 aliphatic heterocycles. The van der Waals surface area contributed by atoms with Crippen molar-refractivity contribution in [1.29, 1.82) is 0 Å². The highest BCUT2D eigenvalue weighted by molar-refractivity contribution is 5.96. The van der Waals surface area contributed by atoms with Crippen molar-refractivity contribution < 1.29 is 27.9 Å². The first-order valence-electron chi connectivity index (χ1n) is 13.1. The fourth-order valence-corrected chi connectivity index (χ4v) is 4.00. The molecule has 216 valence electrons. The second-order valence-corrected chi connectivity index (χ2v) is 9.36. The fraction of sp³-hybridized carbons (Fsp3) is 0.147. The van der Waals surface area contributed by atoms with Gasteiger partial charge in [0.15, 0.2) is 0 Å². The summed E-state index contributed by atoms with van der Waals surface area (Å²) in [5.41, 5.74) is 4.64. The van der Waals surface area contributed by atoms with E-state index in [-0.39, 0.29) is 35.6 Å². The number of aldehydes is 1. The summed E-state index contributed by atoms with van der Waals surface area (Å²) >= 11 is 0. The quantitative estimate of drug-likeness (QED) is 0.259. The normalized spacial score (nSPS) is 14.9. The summed E-state index contributed by atoms with van der Waals surface area (Å²) in [6.45, 7) is 7.70. The number of halogens is 2. The summed E-state index contributed by atoms with van der Waals surface area (Å²) in [5, 5.41) is 5.51. The number of nitrogens with one attached hydrogen (secondary N) is 2. The van der Waals surface area contributed by atoms with E-state index in [4.69, 9.17) is 4.74 Å². The van der Waals surface area contributed by atoms with Crippen LogP contribution in [0.2, 0.25) is 0 Å². The van der Waals surface area contributed by atoms with Gasteiger partial charge in [0.1, 0.15) is 24.0 Å². The Balaban J connectivity index is 0.000000194. The average Bonchev–Trinajstić information content (AvgIpc) is 2.98. The first-order chi connectivity index (χ1) is 20.2. The fourth-order valence-electron chi connectivity index (χ4n) is 4.00. The van der Waals surface area contributed by atoms with Gasteiger partial charge in [0.25, 0.3) is 11.8 Å². The van der Waals surface area contributed by atoms with Crippen LogP contribution in [0, 0.1) is 25.5 Å². The molecule has 2 atom stereocenters. The largest absolute Gasteiger partial charge is 0.369 e. The van der Waals surface area contributed by atoms with Gasteiger partial charge < -0.3 is 15.4 Å². The van der Waals surface area contributed by atoms with Crippen LogP contribution in [0.1, 0.15) is 53.9 Å². The maximum atomic E-state index is 12.9. The smallest absolute Gasteiger partial charge is 0.255 e. The number of amides is 2. The van der Waals surface area contributed by atoms with E-state index in [9.17, 15) is 23.2 Å². The third-order valence-corrected chi connectivity index (χ3v) is 6.35. The standard InChI is InChI=1S/C17H16FNO2.C10H11NO.C7H5FO/c1-11-4-2-3-5-14(11)17(20)19-15-10-21-16(15)12-6-8-13(18)9-7-12;1-3-11-10(12)9-7-5-4-6-8(9)2;8-7-3-1-6(5-9)2-4-7/h2-9,15-16H,10H2,1H3,(H,19,20);3-7H,1H2,2H3,(H,11,12);1-5H/t15-,16-;;/m1../s1. The lowest BCUT2D eigenvalue weighted by Gasteiger charge is -2.37. The first-order valence-corrected chi connectivity index (χ1v) is 13.1. The molecule has 0 bridgehead atoms. The molecule has 1 saturated heterocycles. The van der Waals surface area contributed by atoms with Gasteiger partial charge in [-0.1, -0.05) is 55.1 Å². The SMILES string of the molecule is C=CNC(=O)c1ccccc1C.Cc1ccccc1C(=O)N[C@@H]1CO[C@@H]1c1ccc(F)cc1.O=Cc1ccc(F)cc1. The number of aryl methyl sites for hydroxylation is 2. The molecule has 0 aromatic heterocycles. The molecule has 0 spiro atoms. The Hall–Kier alpha value is -4.95. The predicted molar refractivity (Wildman–Crippen MR) is 158 cm³/mol. The lowest BCUT2D eigenvalue weighted by molar-refractivity contribution is -0.0861. The topological polar surface area (TPSA) is 84.5 Å².